The van der Waals surface area contributed by atoms with Crippen LogP contribution in [0.4, 0.5) is 17.2 Å². The maximum atomic E-state index is 12.4. The van der Waals surface area contributed by atoms with Crippen LogP contribution in [0.25, 0.3) is 0 Å². The molecule has 154 valence electrons. The molecule has 1 amide bonds. The largest absolute Gasteiger partial charge is 0.457 e. The summed E-state index contributed by atoms with van der Waals surface area (Å²) >= 11 is 0. The zero-order valence-corrected chi connectivity index (χ0v) is 16.1. The molecule has 2 aromatic carbocycles. The third-order valence-corrected chi connectivity index (χ3v) is 4.16. The van der Waals surface area contributed by atoms with Gasteiger partial charge in [-0.2, -0.15) is 4.68 Å². The van der Waals surface area contributed by atoms with Gasteiger partial charge in [0.25, 0.3) is 5.69 Å². The number of hydrogen-bond donors (Lipinski definition) is 1. The molecule has 0 aliphatic carbocycles. The Labute approximate surface area is 170 Å². The van der Waals surface area contributed by atoms with Gasteiger partial charge in [0.15, 0.2) is 0 Å². The number of anilines is 1. The number of nitrogens with zero attached hydrogens (tertiary/aromatic N) is 4. The number of rotatable bonds is 7. The highest BCUT2D eigenvalue weighted by Crippen LogP contribution is 2.31. The number of nitro groups is 2. The van der Waals surface area contributed by atoms with Crippen LogP contribution in [0.15, 0.2) is 48.5 Å². The molecule has 1 N–H and O–H groups in total. The number of aryl methyl sites for hydroxylation is 2. The van der Waals surface area contributed by atoms with Crippen molar-refractivity contribution < 1.29 is 19.4 Å². The van der Waals surface area contributed by atoms with Gasteiger partial charge in [-0.05, 0) is 30.4 Å². The van der Waals surface area contributed by atoms with Crippen LogP contribution < -0.4 is 10.1 Å². The van der Waals surface area contributed by atoms with Gasteiger partial charge in [-0.1, -0.05) is 18.2 Å². The second-order valence-corrected chi connectivity index (χ2v) is 6.45. The van der Waals surface area contributed by atoms with Crippen molar-refractivity contribution in [3.8, 4) is 11.5 Å². The molecule has 0 spiro atoms. The average molecular weight is 411 g/mol. The first kappa shape index (κ1) is 20.5. The van der Waals surface area contributed by atoms with E-state index in [0.29, 0.717) is 11.4 Å². The fraction of sp³-hybridized carbons (Fsp3) is 0.158. The first-order chi connectivity index (χ1) is 14.2. The van der Waals surface area contributed by atoms with Gasteiger partial charge in [0, 0.05) is 12.1 Å². The zero-order valence-electron chi connectivity index (χ0n) is 16.1. The number of nitrogens with one attached hydrogen (secondary N) is 1. The number of non-ortho nitro benzene ring substituents is 1. The molecule has 0 bridgehead atoms. The summed E-state index contributed by atoms with van der Waals surface area (Å²) in [5.74, 6) is -0.225. The lowest BCUT2D eigenvalue weighted by Gasteiger charge is -2.11. The Hall–Kier alpha value is -4.28. The number of para-hydroxylation sites is 1. The molecule has 0 aliphatic rings. The minimum atomic E-state index is -0.656. The van der Waals surface area contributed by atoms with Crippen molar-refractivity contribution in [2.24, 2.45) is 0 Å². The molecule has 1 heterocycles. The highest BCUT2D eigenvalue weighted by atomic mass is 16.6. The third-order valence-electron chi connectivity index (χ3n) is 4.16. The van der Waals surface area contributed by atoms with Crippen LogP contribution in [0.5, 0.6) is 11.5 Å². The van der Waals surface area contributed by atoms with E-state index in [1.54, 1.807) is 19.1 Å². The molecule has 0 fully saturated rings. The molecule has 0 atom stereocenters. The van der Waals surface area contributed by atoms with Crippen molar-refractivity contribution >= 4 is 23.1 Å². The minimum absolute atomic E-state index is 0.150. The molecule has 3 aromatic rings. The molecule has 1 aromatic heterocycles. The molecule has 11 heteroatoms. The second kappa shape index (κ2) is 8.39. The van der Waals surface area contributed by atoms with Gasteiger partial charge in [-0.15, -0.1) is 0 Å². The summed E-state index contributed by atoms with van der Waals surface area (Å²) in [6.45, 7) is 3.12. The lowest BCUT2D eigenvalue weighted by atomic mass is 10.2. The predicted octanol–water partition coefficient (Wildman–Crippen LogP) is 3.75. The molecule has 0 radical (unpaired) electrons. The van der Waals surface area contributed by atoms with Crippen LogP contribution in [0.3, 0.4) is 0 Å². The molecule has 0 saturated carbocycles. The van der Waals surface area contributed by atoms with Crippen molar-refractivity contribution in [2.75, 3.05) is 5.32 Å². The molecule has 30 heavy (non-hydrogen) atoms. The Balaban J connectivity index is 1.81. The molecule has 0 aliphatic heterocycles. The lowest BCUT2D eigenvalue weighted by Crippen LogP contribution is -2.20. The van der Waals surface area contributed by atoms with Gasteiger partial charge in [0.05, 0.1) is 33.5 Å². The number of hydrogen-bond acceptors (Lipinski definition) is 7. The van der Waals surface area contributed by atoms with Crippen molar-refractivity contribution in [1.29, 1.82) is 0 Å². The van der Waals surface area contributed by atoms with E-state index in [2.05, 4.69) is 10.4 Å². The van der Waals surface area contributed by atoms with Gasteiger partial charge in [0.2, 0.25) is 5.91 Å². The van der Waals surface area contributed by atoms with Crippen molar-refractivity contribution in [3.05, 3.63) is 80.0 Å². The third kappa shape index (κ3) is 4.76. The highest BCUT2D eigenvalue weighted by molar-refractivity contribution is 5.91. The fourth-order valence-corrected chi connectivity index (χ4v) is 2.70. The van der Waals surface area contributed by atoms with E-state index in [-0.39, 0.29) is 29.5 Å². The van der Waals surface area contributed by atoms with Gasteiger partial charge >= 0.3 is 5.82 Å². The van der Waals surface area contributed by atoms with Crippen molar-refractivity contribution in [1.82, 2.24) is 9.78 Å². The Morgan fingerprint density at radius 2 is 1.83 bits per heavy atom. The Kier molecular flexibility index (Phi) is 5.72. The fourth-order valence-electron chi connectivity index (χ4n) is 2.70. The summed E-state index contributed by atoms with van der Waals surface area (Å²) in [6.07, 6.45) is 0. The highest BCUT2D eigenvalue weighted by Gasteiger charge is 2.19. The maximum absolute atomic E-state index is 12.4. The Morgan fingerprint density at radius 1 is 1.10 bits per heavy atom. The number of ether oxygens (including phenoxy) is 1. The smallest absolute Gasteiger partial charge is 0.390 e. The number of carbonyl (C=O) groups is 1. The number of carbonyl (C=O) groups excluding carboxylic acids is 1. The summed E-state index contributed by atoms with van der Waals surface area (Å²) in [6, 6.07) is 12.3. The minimum Gasteiger partial charge on any atom is -0.457 e. The van der Waals surface area contributed by atoms with E-state index in [1.807, 2.05) is 19.1 Å². The van der Waals surface area contributed by atoms with E-state index in [9.17, 15) is 25.0 Å². The maximum Gasteiger partial charge on any atom is 0.390 e. The SMILES string of the molecule is Cc1ccccc1Oc1cc(NC(=O)Cn2nc([N+](=O)[O-])cc2C)cc([N+](=O)[O-])c1. The summed E-state index contributed by atoms with van der Waals surface area (Å²) in [5.41, 5.74) is 1.16. The number of amides is 1. The van der Waals surface area contributed by atoms with Crippen LogP contribution >= 0.6 is 0 Å². The lowest BCUT2D eigenvalue weighted by molar-refractivity contribution is -0.389. The summed E-state index contributed by atoms with van der Waals surface area (Å²) < 4.78 is 6.92. The standard InChI is InChI=1S/C19H17N5O6/c1-12-5-3-4-6-17(12)30-16-9-14(8-15(10-16)23(26)27)20-19(25)11-22-13(2)7-18(21-22)24(28)29/h3-10H,11H2,1-2H3,(H,20,25). The number of aromatic nitrogens is 2. The quantitative estimate of drug-likeness (QED) is 0.461. The molecule has 3 rings (SSSR count). The molecular weight excluding hydrogens is 394 g/mol. The second-order valence-electron chi connectivity index (χ2n) is 6.45. The van der Waals surface area contributed by atoms with Gasteiger partial charge in [-0.25, -0.2) is 0 Å². The zero-order chi connectivity index (χ0) is 21.8. The van der Waals surface area contributed by atoms with Crippen LogP contribution in [-0.2, 0) is 11.3 Å². The van der Waals surface area contributed by atoms with Gasteiger partial charge in [-0.3, -0.25) is 14.9 Å². The van der Waals surface area contributed by atoms with Crippen molar-refractivity contribution in [2.45, 2.75) is 20.4 Å². The number of benzene rings is 2. The van der Waals surface area contributed by atoms with Crippen LogP contribution in [0, 0.1) is 34.1 Å². The first-order valence-corrected chi connectivity index (χ1v) is 8.74. The first-order valence-electron chi connectivity index (χ1n) is 8.74. The molecule has 0 saturated heterocycles. The van der Waals surface area contributed by atoms with Crippen LogP contribution in [0.1, 0.15) is 11.3 Å². The average Bonchev–Trinajstić information content (AvgIpc) is 3.04. The normalized spacial score (nSPS) is 10.5. The van der Waals surface area contributed by atoms with Crippen molar-refractivity contribution in [3.63, 3.8) is 0 Å². The Bertz CT molecular complexity index is 1140. The monoisotopic (exact) mass is 411 g/mol. The van der Waals surface area contributed by atoms with E-state index in [1.165, 1.54) is 28.9 Å². The Morgan fingerprint density at radius 3 is 2.47 bits per heavy atom. The van der Waals surface area contributed by atoms with Crippen LogP contribution in [-0.4, -0.2) is 25.5 Å². The van der Waals surface area contributed by atoms with E-state index < -0.39 is 15.8 Å². The molecule has 11 nitrogen and oxygen atoms in total. The van der Waals surface area contributed by atoms with Crippen LogP contribution in [0.2, 0.25) is 0 Å². The summed E-state index contributed by atoms with van der Waals surface area (Å²) in [4.78, 5) is 33.2. The van der Waals surface area contributed by atoms with Gasteiger partial charge < -0.3 is 20.2 Å². The summed E-state index contributed by atoms with van der Waals surface area (Å²) in [7, 11) is 0. The topological polar surface area (TPSA) is 142 Å². The van der Waals surface area contributed by atoms with Gasteiger partial charge in [0.1, 0.15) is 18.0 Å². The molecular formula is C19H17N5O6. The summed E-state index contributed by atoms with van der Waals surface area (Å²) in [5, 5.41) is 28.4. The molecule has 0 unspecified atom stereocenters. The van der Waals surface area contributed by atoms with E-state index in [4.69, 9.17) is 4.74 Å². The van der Waals surface area contributed by atoms with E-state index >= 15 is 0 Å². The predicted molar refractivity (Wildman–Crippen MR) is 107 cm³/mol. The number of nitro benzene ring substituents is 1. The van der Waals surface area contributed by atoms with E-state index in [0.717, 1.165) is 5.56 Å².